The molecule has 0 aromatic heterocycles. The number of ether oxygens (including phenoxy) is 1. The Balaban J connectivity index is 2.48. The second kappa shape index (κ2) is 5.21. The molecule has 1 aromatic rings. The first-order valence-electron chi connectivity index (χ1n) is 4.36. The summed E-state index contributed by atoms with van der Waals surface area (Å²) in [6, 6.07) is 8.32. The van der Waals surface area contributed by atoms with Crippen molar-refractivity contribution in [1.82, 2.24) is 0 Å². The Labute approximate surface area is 90.6 Å². The lowest BCUT2D eigenvalue weighted by molar-refractivity contribution is -0.161. The predicted molar refractivity (Wildman–Crippen MR) is 52.2 cm³/mol. The van der Waals surface area contributed by atoms with Gasteiger partial charge in [-0.2, -0.15) is 18.4 Å². The summed E-state index contributed by atoms with van der Waals surface area (Å²) in [5.41, 5.74) is 1.16. The van der Waals surface area contributed by atoms with Crippen molar-refractivity contribution in [1.29, 1.82) is 5.26 Å². The van der Waals surface area contributed by atoms with Crippen molar-refractivity contribution >= 4 is 6.08 Å². The highest BCUT2D eigenvalue weighted by molar-refractivity contribution is 5.49. The zero-order valence-electron chi connectivity index (χ0n) is 8.16. The third-order valence-corrected chi connectivity index (χ3v) is 1.64. The summed E-state index contributed by atoms with van der Waals surface area (Å²) in [6.45, 7) is -1.31. The maximum absolute atomic E-state index is 11.7. The Morgan fingerprint density at radius 2 is 1.88 bits per heavy atom. The standard InChI is InChI=1S/C11H8F3NO/c12-11(13,14)8-16-6-5-9-1-3-10(7-15)4-2-9/h1-6H,8H2/b6-5+. The van der Waals surface area contributed by atoms with Gasteiger partial charge in [-0.1, -0.05) is 12.1 Å². The lowest BCUT2D eigenvalue weighted by Crippen LogP contribution is -2.14. The molecular weight excluding hydrogens is 219 g/mol. The van der Waals surface area contributed by atoms with E-state index in [-0.39, 0.29) is 0 Å². The summed E-state index contributed by atoms with van der Waals surface area (Å²) in [5.74, 6) is 0. The fraction of sp³-hybridized carbons (Fsp3) is 0.182. The lowest BCUT2D eigenvalue weighted by Gasteiger charge is -2.04. The molecule has 0 atom stereocenters. The van der Waals surface area contributed by atoms with E-state index in [0.29, 0.717) is 11.1 Å². The monoisotopic (exact) mass is 227 g/mol. The Bertz CT molecular complexity index is 401. The van der Waals surface area contributed by atoms with E-state index in [2.05, 4.69) is 4.74 Å². The van der Waals surface area contributed by atoms with Gasteiger partial charge in [0.15, 0.2) is 6.61 Å². The summed E-state index contributed by atoms with van der Waals surface area (Å²) in [5, 5.41) is 8.51. The van der Waals surface area contributed by atoms with Crippen molar-refractivity contribution < 1.29 is 17.9 Å². The molecule has 16 heavy (non-hydrogen) atoms. The van der Waals surface area contributed by atoms with Gasteiger partial charge in [0.2, 0.25) is 0 Å². The predicted octanol–water partition coefficient (Wildman–Crippen LogP) is 3.11. The highest BCUT2D eigenvalue weighted by Crippen LogP contribution is 2.14. The average molecular weight is 227 g/mol. The van der Waals surface area contributed by atoms with E-state index in [1.165, 1.54) is 6.08 Å². The van der Waals surface area contributed by atoms with Gasteiger partial charge in [-0.15, -0.1) is 0 Å². The van der Waals surface area contributed by atoms with Gasteiger partial charge in [-0.05, 0) is 23.8 Å². The van der Waals surface area contributed by atoms with Crippen LogP contribution in [0.2, 0.25) is 0 Å². The summed E-state index contributed by atoms with van der Waals surface area (Å²) in [7, 11) is 0. The summed E-state index contributed by atoms with van der Waals surface area (Å²) < 4.78 is 39.3. The van der Waals surface area contributed by atoms with Gasteiger partial charge in [-0.25, -0.2) is 0 Å². The third kappa shape index (κ3) is 4.51. The van der Waals surface area contributed by atoms with Crippen molar-refractivity contribution in [2.45, 2.75) is 6.18 Å². The summed E-state index contributed by atoms with van der Waals surface area (Å²) in [4.78, 5) is 0. The average Bonchev–Trinajstić information content (AvgIpc) is 2.24. The Kier molecular flexibility index (Phi) is 3.95. The molecule has 0 aliphatic rings. The van der Waals surface area contributed by atoms with Crippen LogP contribution in [0, 0.1) is 11.3 Å². The first-order chi connectivity index (χ1) is 7.51. The van der Waals surface area contributed by atoms with E-state index >= 15 is 0 Å². The van der Waals surface area contributed by atoms with Crippen molar-refractivity contribution in [2.75, 3.05) is 6.61 Å². The van der Waals surface area contributed by atoms with Gasteiger partial charge in [0.25, 0.3) is 0 Å². The van der Waals surface area contributed by atoms with E-state index in [4.69, 9.17) is 5.26 Å². The minimum absolute atomic E-state index is 0.494. The van der Waals surface area contributed by atoms with Gasteiger partial charge >= 0.3 is 6.18 Å². The lowest BCUT2D eigenvalue weighted by atomic mass is 10.1. The molecule has 0 heterocycles. The number of nitrogens with zero attached hydrogens (tertiary/aromatic N) is 1. The first-order valence-corrected chi connectivity index (χ1v) is 4.36. The van der Waals surface area contributed by atoms with E-state index in [9.17, 15) is 13.2 Å². The van der Waals surface area contributed by atoms with Crippen LogP contribution in [-0.2, 0) is 4.74 Å². The van der Waals surface area contributed by atoms with Crippen molar-refractivity contribution in [2.24, 2.45) is 0 Å². The molecular formula is C11H8F3NO. The number of halogens is 3. The van der Waals surface area contributed by atoms with Gasteiger partial charge in [0, 0.05) is 0 Å². The van der Waals surface area contributed by atoms with Gasteiger partial charge in [0.1, 0.15) is 0 Å². The van der Waals surface area contributed by atoms with Crippen LogP contribution in [0.3, 0.4) is 0 Å². The normalized spacial score (nSPS) is 11.4. The minimum atomic E-state index is -4.32. The first kappa shape index (κ1) is 12.1. The molecule has 5 heteroatoms. The molecule has 0 fully saturated rings. The van der Waals surface area contributed by atoms with Gasteiger partial charge in [0.05, 0.1) is 17.9 Å². The van der Waals surface area contributed by atoms with Crippen LogP contribution in [0.4, 0.5) is 13.2 Å². The third-order valence-electron chi connectivity index (χ3n) is 1.64. The molecule has 1 aromatic carbocycles. The molecule has 0 aliphatic heterocycles. The maximum Gasteiger partial charge on any atom is 0.422 e. The van der Waals surface area contributed by atoms with Gasteiger partial charge in [-0.3, -0.25) is 0 Å². The molecule has 0 N–H and O–H groups in total. The molecule has 0 radical (unpaired) electrons. The fourth-order valence-corrected chi connectivity index (χ4v) is 0.938. The Morgan fingerprint density at radius 1 is 1.25 bits per heavy atom. The number of rotatable bonds is 3. The molecule has 0 amide bonds. The van der Waals surface area contributed by atoms with Crippen LogP contribution in [0.25, 0.3) is 6.08 Å². The highest BCUT2D eigenvalue weighted by Gasteiger charge is 2.27. The van der Waals surface area contributed by atoms with E-state index in [0.717, 1.165) is 6.26 Å². The molecule has 0 spiro atoms. The topological polar surface area (TPSA) is 33.0 Å². The smallest absolute Gasteiger partial charge is 0.422 e. The molecule has 1 rings (SSSR count). The van der Waals surface area contributed by atoms with Crippen LogP contribution in [-0.4, -0.2) is 12.8 Å². The number of nitriles is 1. The van der Waals surface area contributed by atoms with Crippen molar-refractivity contribution in [3.63, 3.8) is 0 Å². The van der Waals surface area contributed by atoms with Crippen LogP contribution < -0.4 is 0 Å². The fourth-order valence-electron chi connectivity index (χ4n) is 0.938. The zero-order valence-corrected chi connectivity index (χ0v) is 8.16. The van der Waals surface area contributed by atoms with E-state index in [1.54, 1.807) is 24.3 Å². The van der Waals surface area contributed by atoms with E-state index in [1.807, 2.05) is 6.07 Å². The number of hydrogen-bond acceptors (Lipinski definition) is 2. The molecule has 2 nitrogen and oxygen atoms in total. The molecule has 0 aliphatic carbocycles. The number of alkyl halides is 3. The SMILES string of the molecule is N#Cc1ccc(/C=C/OCC(F)(F)F)cc1. The van der Waals surface area contributed by atoms with Crippen molar-refractivity contribution in [3.8, 4) is 6.07 Å². The van der Waals surface area contributed by atoms with Crippen LogP contribution >= 0.6 is 0 Å². The number of benzene rings is 1. The quantitative estimate of drug-likeness (QED) is 0.743. The maximum atomic E-state index is 11.7. The molecule has 0 saturated carbocycles. The highest BCUT2D eigenvalue weighted by atomic mass is 19.4. The second-order valence-corrected chi connectivity index (χ2v) is 2.96. The zero-order chi connectivity index (χ0) is 12.0. The van der Waals surface area contributed by atoms with Crippen LogP contribution in [0.1, 0.15) is 11.1 Å². The van der Waals surface area contributed by atoms with Gasteiger partial charge < -0.3 is 4.74 Å². The van der Waals surface area contributed by atoms with Crippen LogP contribution in [0.15, 0.2) is 30.5 Å². The second-order valence-electron chi connectivity index (χ2n) is 2.96. The summed E-state index contributed by atoms with van der Waals surface area (Å²) in [6.07, 6.45) is -1.95. The summed E-state index contributed by atoms with van der Waals surface area (Å²) >= 11 is 0. The molecule has 0 unspecified atom stereocenters. The number of hydrogen-bond donors (Lipinski definition) is 0. The minimum Gasteiger partial charge on any atom is -0.492 e. The van der Waals surface area contributed by atoms with Crippen molar-refractivity contribution in [3.05, 3.63) is 41.7 Å². The Morgan fingerprint density at radius 3 is 2.38 bits per heavy atom. The van der Waals surface area contributed by atoms with Crippen LogP contribution in [0.5, 0.6) is 0 Å². The molecule has 0 bridgehead atoms. The molecule has 84 valence electrons. The Hall–Kier alpha value is -1.96. The van der Waals surface area contributed by atoms with E-state index < -0.39 is 12.8 Å². The molecule has 0 saturated heterocycles. The largest absolute Gasteiger partial charge is 0.492 e.